The maximum absolute atomic E-state index is 13.6. The molecule has 2 aromatic heterocycles. The summed E-state index contributed by atoms with van der Waals surface area (Å²) in [6, 6.07) is 9.14. The van der Waals surface area contributed by atoms with Gasteiger partial charge in [0.2, 0.25) is 0 Å². The summed E-state index contributed by atoms with van der Waals surface area (Å²) in [6.07, 6.45) is 4.41. The Morgan fingerprint density at radius 3 is 2.88 bits per heavy atom. The lowest BCUT2D eigenvalue weighted by molar-refractivity contribution is -0.134. The predicted octanol–water partition coefficient (Wildman–Crippen LogP) is 3.82. The Morgan fingerprint density at radius 2 is 2.00 bits per heavy atom. The van der Waals surface area contributed by atoms with Gasteiger partial charge in [0.05, 0.1) is 5.69 Å². The van der Waals surface area contributed by atoms with E-state index in [-0.39, 0.29) is 35.4 Å². The van der Waals surface area contributed by atoms with Crippen molar-refractivity contribution >= 4 is 11.7 Å². The number of halogens is 2. The van der Waals surface area contributed by atoms with E-state index in [2.05, 4.69) is 15.1 Å². The van der Waals surface area contributed by atoms with Crippen LogP contribution in [-0.2, 0) is 11.2 Å². The normalized spacial score (nSPS) is 24.4. The van der Waals surface area contributed by atoms with E-state index in [1.807, 2.05) is 35.2 Å². The van der Waals surface area contributed by atoms with E-state index in [9.17, 15) is 13.6 Å². The quantitative estimate of drug-likeness (QED) is 0.623. The number of allylic oxidation sites excluding steroid dienone is 1. The van der Waals surface area contributed by atoms with Gasteiger partial charge in [-0.15, -0.1) is 0 Å². The number of amides is 1. The Balaban J connectivity index is 1.34. The van der Waals surface area contributed by atoms with Crippen LogP contribution in [0.4, 0.5) is 8.78 Å². The van der Waals surface area contributed by atoms with Crippen molar-refractivity contribution in [3.8, 4) is 5.75 Å². The zero-order chi connectivity index (χ0) is 21.8. The summed E-state index contributed by atoms with van der Waals surface area (Å²) < 4.78 is 34.5. The number of nitrogens with zero attached hydrogens (tertiary/aromatic N) is 5. The first-order valence-electron chi connectivity index (χ1n) is 10.9. The zero-order valence-electron chi connectivity index (χ0n) is 17.2. The molecule has 9 heteroatoms. The highest BCUT2D eigenvalue weighted by atomic mass is 19.3. The van der Waals surface area contributed by atoms with E-state index in [1.165, 1.54) is 16.9 Å². The molecule has 6 rings (SSSR count). The number of para-hydroxylation sites is 1. The van der Waals surface area contributed by atoms with Crippen molar-refractivity contribution in [3.05, 3.63) is 65.4 Å². The van der Waals surface area contributed by atoms with Crippen LogP contribution < -0.4 is 4.74 Å². The Hall–Kier alpha value is -3.36. The predicted molar refractivity (Wildman–Crippen MR) is 110 cm³/mol. The second-order valence-electron chi connectivity index (χ2n) is 8.56. The lowest BCUT2D eigenvalue weighted by atomic mass is 9.86. The van der Waals surface area contributed by atoms with E-state index in [1.54, 1.807) is 0 Å². The molecule has 5 heterocycles. The molecule has 0 unspecified atom stereocenters. The van der Waals surface area contributed by atoms with Crippen LogP contribution in [0.15, 0.2) is 48.5 Å². The van der Waals surface area contributed by atoms with Gasteiger partial charge in [0, 0.05) is 18.0 Å². The first kappa shape index (κ1) is 19.3. The minimum absolute atomic E-state index is 0.108. The fourth-order valence-corrected chi connectivity index (χ4v) is 5.44. The molecule has 2 saturated heterocycles. The van der Waals surface area contributed by atoms with Crippen LogP contribution in [0.1, 0.15) is 55.0 Å². The number of ether oxygens (including phenoxy) is 1. The Kier molecular flexibility index (Phi) is 4.44. The Bertz CT molecular complexity index is 1240. The van der Waals surface area contributed by atoms with Gasteiger partial charge >= 0.3 is 0 Å². The molecule has 3 aliphatic heterocycles. The number of carbonyl (C=O) groups excluding carboxylic acids is 1. The van der Waals surface area contributed by atoms with Gasteiger partial charge in [-0.05, 0) is 55.9 Å². The minimum Gasteiger partial charge on any atom is -0.452 e. The molecular formula is C23H21F2N5O2. The molecule has 1 aromatic carbocycles. The van der Waals surface area contributed by atoms with Crippen molar-refractivity contribution in [2.45, 2.75) is 56.5 Å². The first-order valence-corrected chi connectivity index (χ1v) is 10.9. The molecule has 0 spiro atoms. The van der Waals surface area contributed by atoms with E-state index in [0.29, 0.717) is 23.6 Å². The summed E-state index contributed by atoms with van der Waals surface area (Å²) in [5.74, 6) is 0.953. The van der Waals surface area contributed by atoms with E-state index < -0.39 is 6.43 Å². The molecule has 164 valence electrons. The number of carbonyl (C=O) groups is 1. The van der Waals surface area contributed by atoms with Crippen LogP contribution in [0.25, 0.3) is 5.78 Å². The molecule has 3 atom stereocenters. The number of alkyl halides is 2. The topological polar surface area (TPSA) is 72.6 Å². The van der Waals surface area contributed by atoms with E-state index in [4.69, 9.17) is 4.74 Å². The van der Waals surface area contributed by atoms with E-state index >= 15 is 0 Å². The van der Waals surface area contributed by atoms with Gasteiger partial charge in [-0.3, -0.25) is 4.79 Å². The summed E-state index contributed by atoms with van der Waals surface area (Å²) >= 11 is 0. The number of piperidine rings is 1. The molecule has 2 fully saturated rings. The van der Waals surface area contributed by atoms with Crippen molar-refractivity contribution in [1.82, 2.24) is 24.5 Å². The fourth-order valence-electron chi connectivity index (χ4n) is 5.44. The van der Waals surface area contributed by atoms with Gasteiger partial charge in [0.1, 0.15) is 17.8 Å². The molecule has 7 nitrogen and oxygen atoms in total. The highest BCUT2D eigenvalue weighted by Crippen LogP contribution is 2.45. The molecule has 0 N–H and O–H groups in total. The Morgan fingerprint density at radius 1 is 1.16 bits per heavy atom. The standard InChI is InChI=1S/C23H21F2N5O2/c24-21(25)16-11-18(30-23(28-16)26-12-27-30)15-8-6-14-7-9-17(15)29(14)22(31)20-10-5-13-3-1-2-4-19(13)32-20/h1-4,10-12,14-15,17,21H,5-9H2/t14-,15-,17-/m0/s1. The number of rotatable bonds is 3. The second-order valence-corrected chi connectivity index (χ2v) is 8.56. The van der Waals surface area contributed by atoms with Gasteiger partial charge in [-0.2, -0.15) is 10.1 Å². The van der Waals surface area contributed by atoms with Gasteiger partial charge in [0.25, 0.3) is 18.1 Å². The summed E-state index contributed by atoms with van der Waals surface area (Å²) in [4.78, 5) is 23.4. The smallest absolute Gasteiger partial charge is 0.289 e. The number of benzene rings is 1. The molecule has 0 aliphatic carbocycles. The van der Waals surface area contributed by atoms with Crippen molar-refractivity contribution in [1.29, 1.82) is 0 Å². The van der Waals surface area contributed by atoms with Gasteiger partial charge in [0.15, 0.2) is 5.76 Å². The molecule has 3 aromatic rings. The number of hydrogen-bond acceptors (Lipinski definition) is 5. The number of aromatic nitrogens is 4. The van der Waals surface area contributed by atoms with Gasteiger partial charge in [-0.1, -0.05) is 18.2 Å². The number of hydrogen-bond donors (Lipinski definition) is 0. The molecule has 1 amide bonds. The third-order valence-electron chi connectivity index (χ3n) is 6.87. The largest absolute Gasteiger partial charge is 0.452 e. The van der Waals surface area contributed by atoms with Gasteiger partial charge < -0.3 is 9.64 Å². The molecule has 32 heavy (non-hydrogen) atoms. The maximum Gasteiger partial charge on any atom is 0.289 e. The highest BCUT2D eigenvalue weighted by Gasteiger charge is 2.47. The highest BCUT2D eigenvalue weighted by molar-refractivity contribution is 5.93. The van der Waals surface area contributed by atoms with Crippen LogP contribution in [0.5, 0.6) is 5.75 Å². The molecule has 0 radical (unpaired) electrons. The second kappa shape index (κ2) is 7.36. The lowest BCUT2D eigenvalue weighted by Gasteiger charge is -2.40. The van der Waals surface area contributed by atoms with E-state index in [0.717, 1.165) is 31.2 Å². The van der Waals surface area contributed by atoms with Crippen LogP contribution >= 0.6 is 0 Å². The fraction of sp³-hybridized carbons (Fsp3) is 0.391. The SMILES string of the molecule is O=C(C1=CCc2ccccc2O1)N1[C@H]2CC[C@H](c3cc(C(F)F)nc4ncnn34)[C@@H]1CC2. The minimum atomic E-state index is -2.70. The number of fused-ring (bicyclic) bond motifs is 4. The lowest BCUT2D eigenvalue weighted by Crippen LogP contribution is -2.49. The van der Waals surface area contributed by atoms with Crippen LogP contribution in [-0.4, -0.2) is 42.5 Å². The van der Waals surface area contributed by atoms with Crippen molar-refractivity contribution in [2.24, 2.45) is 0 Å². The molecular weight excluding hydrogens is 416 g/mol. The molecule has 3 aliphatic rings. The summed E-state index contributed by atoms with van der Waals surface area (Å²) in [6.45, 7) is 0. The zero-order valence-corrected chi connectivity index (χ0v) is 17.2. The van der Waals surface area contributed by atoms with Crippen LogP contribution in [0, 0.1) is 0 Å². The van der Waals surface area contributed by atoms with Crippen molar-refractivity contribution in [2.75, 3.05) is 0 Å². The summed E-state index contributed by atoms with van der Waals surface area (Å²) in [5.41, 5.74) is 1.37. The summed E-state index contributed by atoms with van der Waals surface area (Å²) in [5, 5.41) is 4.22. The van der Waals surface area contributed by atoms with Crippen LogP contribution in [0.2, 0.25) is 0 Å². The third kappa shape index (κ3) is 2.98. The maximum atomic E-state index is 13.6. The van der Waals surface area contributed by atoms with Crippen molar-refractivity contribution < 1.29 is 18.3 Å². The van der Waals surface area contributed by atoms with Gasteiger partial charge in [-0.25, -0.2) is 18.3 Å². The van der Waals surface area contributed by atoms with Crippen LogP contribution in [0.3, 0.4) is 0 Å². The van der Waals surface area contributed by atoms with Crippen molar-refractivity contribution in [3.63, 3.8) is 0 Å². The Labute approximate surface area is 182 Å². The summed E-state index contributed by atoms with van der Waals surface area (Å²) in [7, 11) is 0. The third-order valence-corrected chi connectivity index (χ3v) is 6.87. The monoisotopic (exact) mass is 437 g/mol. The molecule has 0 saturated carbocycles. The average molecular weight is 437 g/mol. The molecule has 2 bridgehead atoms. The first-order chi connectivity index (χ1) is 15.6. The average Bonchev–Trinajstić information content (AvgIpc) is 3.40.